The number of hydrogen-bond donors (Lipinski definition) is 3. The lowest BCUT2D eigenvalue weighted by Gasteiger charge is -2.30. The van der Waals surface area contributed by atoms with Crippen LogP contribution < -0.4 is 0 Å². The molecule has 0 amide bonds. The maximum atomic E-state index is 9.89. The summed E-state index contributed by atoms with van der Waals surface area (Å²) in [5, 5.41) is 28.6. The third-order valence-electron chi connectivity index (χ3n) is 3.87. The van der Waals surface area contributed by atoms with E-state index in [1.54, 1.807) is 13.8 Å². The van der Waals surface area contributed by atoms with Crippen molar-refractivity contribution in [1.29, 1.82) is 0 Å². The summed E-state index contributed by atoms with van der Waals surface area (Å²) in [5.41, 5.74) is 0. The molecular weight excluding hydrogens is 280 g/mol. The molecule has 0 aliphatic carbocycles. The van der Waals surface area contributed by atoms with Gasteiger partial charge in [-0.25, -0.2) is 0 Å². The first-order chi connectivity index (χ1) is 9.69. The zero-order valence-corrected chi connectivity index (χ0v) is 13.0. The molecule has 0 aromatic rings. The second kappa shape index (κ2) is 6.08. The highest BCUT2D eigenvalue weighted by atomic mass is 16.8. The molecule has 0 spiro atoms. The van der Waals surface area contributed by atoms with Gasteiger partial charge in [0.15, 0.2) is 11.6 Å². The van der Waals surface area contributed by atoms with Gasteiger partial charge in [-0.2, -0.15) is 0 Å². The number of rotatable bonds is 5. The Morgan fingerprint density at radius 2 is 1.67 bits per heavy atom. The van der Waals surface area contributed by atoms with Crippen LogP contribution in [0.5, 0.6) is 0 Å². The molecule has 0 unspecified atom stereocenters. The van der Waals surface area contributed by atoms with Gasteiger partial charge in [0.2, 0.25) is 0 Å². The van der Waals surface area contributed by atoms with Crippen molar-refractivity contribution in [1.82, 2.24) is 0 Å². The molecular formula is C14H26O7. The van der Waals surface area contributed by atoms with Crippen LogP contribution in [0.1, 0.15) is 27.7 Å². The Morgan fingerprint density at radius 1 is 1.00 bits per heavy atom. The molecule has 7 nitrogen and oxygen atoms in total. The molecule has 5 atom stereocenters. The first-order valence-electron chi connectivity index (χ1n) is 7.26. The summed E-state index contributed by atoms with van der Waals surface area (Å²) in [6.45, 7) is 6.73. The van der Waals surface area contributed by atoms with Crippen LogP contribution in [0.15, 0.2) is 0 Å². The van der Waals surface area contributed by atoms with Crippen molar-refractivity contribution in [2.24, 2.45) is 5.92 Å². The van der Waals surface area contributed by atoms with E-state index in [2.05, 4.69) is 0 Å². The Kier molecular flexibility index (Phi) is 4.94. The maximum Gasteiger partial charge on any atom is 0.163 e. The van der Waals surface area contributed by atoms with Gasteiger partial charge in [-0.15, -0.1) is 0 Å². The monoisotopic (exact) mass is 306 g/mol. The van der Waals surface area contributed by atoms with Crippen LogP contribution in [0.25, 0.3) is 0 Å². The van der Waals surface area contributed by atoms with Crippen molar-refractivity contribution >= 4 is 0 Å². The molecule has 0 bridgehead atoms. The number of ether oxygens (including phenoxy) is 4. The van der Waals surface area contributed by atoms with Crippen LogP contribution in [0, 0.1) is 5.92 Å². The lowest BCUT2D eigenvalue weighted by molar-refractivity contribution is -0.175. The summed E-state index contributed by atoms with van der Waals surface area (Å²) >= 11 is 0. The summed E-state index contributed by atoms with van der Waals surface area (Å²) in [7, 11) is 0. The highest BCUT2D eigenvalue weighted by molar-refractivity contribution is 4.95. The first-order valence-corrected chi connectivity index (χ1v) is 7.26. The molecule has 0 aromatic carbocycles. The number of aliphatic hydroxyl groups is 3. The van der Waals surface area contributed by atoms with Gasteiger partial charge in [-0.05, 0) is 27.7 Å². The molecule has 2 saturated heterocycles. The topological polar surface area (TPSA) is 97.6 Å². The fourth-order valence-electron chi connectivity index (χ4n) is 2.89. The molecule has 21 heavy (non-hydrogen) atoms. The van der Waals surface area contributed by atoms with Crippen molar-refractivity contribution in [2.45, 2.75) is 63.7 Å². The van der Waals surface area contributed by atoms with Crippen molar-refractivity contribution in [3.63, 3.8) is 0 Å². The minimum absolute atomic E-state index is 0.320. The standard InChI is InChI=1S/C14H26O7/c1-13(2)18-7-10(19-13)12-11(20-14(3,4)21-12)8(5-15)9(17)6-16/h8-12,15-17H,5-7H2,1-4H3/t8-,9+,10-,11+,12-/m1/s1. The number of hydrogen-bond acceptors (Lipinski definition) is 7. The molecule has 2 heterocycles. The Morgan fingerprint density at radius 3 is 2.14 bits per heavy atom. The largest absolute Gasteiger partial charge is 0.396 e. The van der Waals surface area contributed by atoms with Crippen molar-refractivity contribution in [2.75, 3.05) is 19.8 Å². The van der Waals surface area contributed by atoms with Gasteiger partial charge in [-0.3, -0.25) is 0 Å². The SMILES string of the molecule is CC1(C)O[C@@H]([C@H](CO)[C@@H](O)CO)[C@@H]([C@H]2COC(C)(C)O2)O1. The van der Waals surface area contributed by atoms with Crippen LogP contribution in [0.3, 0.4) is 0 Å². The van der Waals surface area contributed by atoms with Gasteiger partial charge >= 0.3 is 0 Å². The van der Waals surface area contributed by atoms with E-state index in [4.69, 9.17) is 24.1 Å². The lowest BCUT2D eigenvalue weighted by atomic mass is 9.91. The van der Waals surface area contributed by atoms with E-state index in [1.807, 2.05) is 13.8 Å². The molecule has 0 saturated carbocycles. The fraction of sp³-hybridized carbons (Fsp3) is 1.00. The van der Waals surface area contributed by atoms with Gasteiger partial charge in [0.05, 0.1) is 32.0 Å². The molecule has 0 aromatic heterocycles. The quantitative estimate of drug-likeness (QED) is 0.637. The predicted octanol–water partition coefficient (Wildman–Crippen LogP) is -0.380. The van der Waals surface area contributed by atoms with Crippen molar-refractivity contribution < 1.29 is 34.3 Å². The van der Waals surface area contributed by atoms with Gasteiger partial charge < -0.3 is 34.3 Å². The maximum absolute atomic E-state index is 9.89. The lowest BCUT2D eigenvalue weighted by Crippen LogP contribution is -2.47. The van der Waals surface area contributed by atoms with E-state index in [9.17, 15) is 10.2 Å². The second-order valence-corrected chi connectivity index (χ2v) is 6.53. The third kappa shape index (κ3) is 3.73. The first kappa shape index (κ1) is 17.1. The molecule has 7 heteroatoms. The molecule has 2 rings (SSSR count). The summed E-state index contributed by atoms with van der Waals surface area (Å²) in [6.07, 6.45) is -2.52. The van der Waals surface area contributed by atoms with Crippen LogP contribution in [0.4, 0.5) is 0 Å². The summed E-state index contributed by atoms with van der Waals surface area (Å²) < 4.78 is 23.1. The normalized spacial score (nSPS) is 37.6. The summed E-state index contributed by atoms with van der Waals surface area (Å²) in [6, 6.07) is 0. The zero-order chi connectivity index (χ0) is 15.8. The van der Waals surface area contributed by atoms with Crippen LogP contribution in [0.2, 0.25) is 0 Å². The average molecular weight is 306 g/mol. The van der Waals surface area contributed by atoms with Crippen molar-refractivity contribution in [3.05, 3.63) is 0 Å². The highest BCUT2D eigenvalue weighted by Gasteiger charge is 2.52. The predicted molar refractivity (Wildman–Crippen MR) is 72.4 cm³/mol. The Hall–Kier alpha value is -0.280. The Labute approximate surface area is 124 Å². The fourth-order valence-corrected chi connectivity index (χ4v) is 2.89. The molecule has 124 valence electrons. The smallest absolute Gasteiger partial charge is 0.163 e. The highest BCUT2D eigenvalue weighted by Crippen LogP contribution is 2.38. The van der Waals surface area contributed by atoms with E-state index < -0.39 is 42.4 Å². The summed E-state index contributed by atoms with van der Waals surface area (Å²) in [4.78, 5) is 0. The molecule has 2 aliphatic rings. The van der Waals surface area contributed by atoms with E-state index >= 15 is 0 Å². The van der Waals surface area contributed by atoms with E-state index in [0.29, 0.717) is 6.61 Å². The van der Waals surface area contributed by atoms with Gasteiger partial charge in [0, 0.05) is 5.92 Å². The van der Waals surface area contributed by atoms with Crippen LogP contribution in [-0.2, 0) is 18.9 Å². The van der Waals surface area contributed by atoms with Crippen molar-refractivity contribution in [3.8, 4) is 0 Å². The Balaban J connectivity index is 2.17. The average Bonchev–Trinajstić information content (AvgIpc) is 2.89. The van der Waals surface area contributed by atoms with E-state index in [1.165, 1.54) is 0 Å². The van der Waals surface area contributed by atoms with E-state index in [-0.39, 0.29) is 12.7 Å². The van der Waals surface area contributed by atoms with E-state index in [0.717, 1.165) is 0 Å². The molecule has 2 fully saturated rings. The zero-order valence-electron chi connectivity index (χ0n) is 13.0. The number of aliphatic hydroxyl groups excluding tert-OH is 3. The molecule has 3 N–H and O–H groups in total. The van der Waals surface area contributed by atoms with Gasteiger partial charge in [-0.1, -0.05) is 0 Å². The third-order valence-corrected chi connectivity index (χ3v) is 3.87. The van der Waals surface area contributed by atoms with Gasteiger partial charge in [0.25, 0.3) is 0 Å². The van der Waals surface area contributed by atoms with Crippen LogP contribution in [-0.4, -0.2) is 71.1 Å². The van der Waals surface area contributed by atoms with Crippen LogP contribution >= 0.6 is 0 Å². The second-order valence-electron chi connectivity index (χ2n) is 6.53. The minimum Gasteiger partial charge on any atom is -0.396 e. The van der Waals surface area contributed by atoms with Gasteiger partial charge in [0.1, 0.15) is 12.2 Å². The molecule has 0 radical (unpaired) electrons. The Bertz CT molecular complexity index is 357. The molecule has 2 aliphatic heterocycles. The minimum atomic E-state index is -1.09. The summed E-state index contributed by atoms with van der Waals surface area (Å²) in [5.74, 6) is -2.21.